The van der Waals surface area contributed by atoms with E-state index >= 15 is 0 Å². The van der Waals surface area contributed by atoms with Crippen LogP contribution in [0.4, 0.5) is 0 Å². The summed E-state index contributed by atoms with van der Waals surface area (Å²) in [6.07, 6.45) is 6.36. The van der Waals surface area contributed by atoms with Crippen molar-refractivity contribution in [2.75, 3.05) is 19.6 Å². The Morgan fingerprint density at radius 2 is 1.78 bits per heavy atom. The van der Waals surface area contributed by atoms with Crippen molar-refractivity contribution in [2.24, 2.45) is 11.8 Å². The van der Waals surface area contributed by atoms with Gasteiger partial charge in [0.1, 0.15) is 0 Å². The highest BCUT2D eigenvalue weighted by Gasteiger charge is 2.32. The van der Waals surface area contributed by atoms with Crippen LogP contribution in [0.1, 0.15) is 48.0 Å². The predicted octanol–water partition coefficient (Wildman–Crippen LogP) is 2.76. The zero-order chi connectivity index (χ0) is 16.2. The highest BCUT2D eigenvalue weighted by Crippen LogP contribution is 2.35. The Bertz CT molecular complexity index is 567. The van der Waals surface area contributed by atoms with Gasteiger partial charge in [-0.1, -0.05) is 37.0 Å². The molecule has 0 aromatic heterocycles. The van der Waals surface area contributed by atoms with Gasteiger partial charge in [0.25, 0.3) is 5.91 Å². The fourth-order valence-electron chi connectivity index (χ4n) is 3.90. The Morgan fingerprint density at radius 1 is 1.09 bits per heavy atom. The number of fused-ring (bicyclic) bond motifs is 1. The number of hydrogen-bond acceptors (Lipinski definition) is 2. The lowest BCUT2D eigenvalue weighted by molar-refractivity contribution is -0.133. The molecule has 3 rings (SSSR count). The fraction of sp³-hybridized carbons (Fsp3) is 0.579. The van der Waals surface area contributed by atoms with Crippen molar-refractivity contribution in [3.05, 3.63) is 35.4 Å². The highest BCUT2D eigenvalue weighted by atomic mass is 16.2. The van der Waals surface area contributed by atoms with Gasteiger partial charge in [0.05, 0.1) is 6.54 Å². The first-order valence-corrected chi connectivity index (χ1v) is 8.76. The summed E-state index contributed by atoms with van der Waals surface area (Å²) in [4.78, 5) is 26.4. The number of piperidine rings is 1. The first-order chi connectivity index (χ1) is 11.1. The molecule has 1 aromatic rings. The Labute approximate surface area is 138 Å². The molecule has 1 aliphatic heterocycles. The van der Waals surface area contributed by atoms with Crippen LogP contribution in [0.15, 0.2) is 24.3 Å². The Kier molecular flexibility index (Phi) is 4.99. The van der Waals surface area contributed by atoms with Crippen LogP contribution >= 0.6 is 0 Å². The van der Waals surface area contributed by atoms with Crippen LogP contribution < -0.4 is 5.32 Å². The molecule has 1 N–H and O–H groups in total. The molecule has 2 amide bonds. The Morgan fingerprint density at radius 3 is 2.52 bits per heavy atom. The number of benzene rings is 1. The molecule has 1 aromatic carbocycles. The summed E-state index contributed by atoms with van der Waals surface area (Å²) in [7, 11) is 0. The molecule has 0 unspecified atom stereocenters. The van der Waals surface area contributed by atoms with Gasteiger partial charge in [0.15, 0.2) is 0 Å². The van der Waals surface area contributed by atoms with E-state index in [1.54, 1.807) is 12.1 Å². The van der Waals surface area contributed by atoms with E-state index in [2.05, 4.69) is 5.32 Å². The Hall–Kier alpha value is -1.84. The lowest BCUT2D eigenvalue weighted by atomic mass is 9.75. The lowest BCUT2D eigenvalue weighted by Gasteiger charge is -2.41. The molecule has 1 heterocycles. The van der Waals surface area contributed by atoms with Crippen LogP contribution in [0.5, 0.6) is 0 Å². The molecule has 0 bridgehead atoms. The van der Waals surface area contributed by atoms with Crippen LogP contribution in [0, 0.1) is 18.8 Å². The van der Waals surface area contributed by atoms with Crippen molar-refractivity contribution in [1.29, 1.82) is 0 Å². The average Bonchev–Trinajstić information content (AvgIpc) is 2.59. The molecular formula is C19H26N2O2. The van der Waals surface area contributed by atoms with Gasteiger partial charge in [-0.15, -0.1) is 0 Å². The Balaban J connectivity index is 1.49. The van der Waals surface area contributed by atoms with Gasteiger partial charge >= 0.3 is 0 Å². The van der Waals surface area contributed by atoms with Gasteiger partial charge in [-0.2, -0.15) is 0 Å². The van der Waals surface area contributed by atoms with Crippen LogP contribution in [0.25, 0.3) is 0 Å². The van der Waals surface area contributed by atoms with Crippen LogP contribution in [0.3, 0.4) is 0 Å². The molecule has 1 aliphatic carbocycles. The van der Waals surface area contributed by atoms with Crippen LogP contribution in [-0.2, 0) is 4.79 Å². The molecule has 4 heteroatoms. The monoisotopic (exact) mass is 314 g/mol. The third-order valence-corrected chi connectivity index (χ3v) is 5.36. The second-order valence-electron chi connectivity index (χ2n) is 6.98. The maximum atomic E-state index is 12.4. The van der Waals surface area contributed by atoms with Crippen molar-refractivity contribution in [3.8, 4) is 0 Å². The maximum absolute atomic E-state index is 12.4. The van der Waals surface area contributed by atoms with E-state index in [0.29, 0.717) is 11.5 Å². The highest BCUT2D eigenvalue weighted by molar-refractivity contribution is 5.96. The number of nitrogens with one attached hydrogen (secondary N) is 1. The minimum atomic E-state index is -0.175. The number of hydrogen-bond donors (Lipinski definition) is 1. The maximum Gasteiger partial charge on any atom is 0.251 e. The number of likely N-dealkylation sites (tertiary alicyclic amines) is 1. The molecule has 1 saturated heterocycles. The molecule has 124 valence electrons. The van der Waals surface area contributed by atoms with Crippen LogP contribution in [-0.4, -0.2) is 36.3 Å². The number of carbonyl (C=O) groups excluding carboxylic acids is 2. The van der Waals surface area contributed by atoms with E-state index in [1.165, 1.54) is 25.7 Å². The van der Waals surface area contributed by atoms with Gasteiger partial charge in [-0.25, -0.2) is 0 Å². The van der Waals surface area contributed by atoms with Crippen molar-refractivity contribution < 1.29 is 9.59 Å². The summed E-state index contributed by atoms with van der Waals surface area (Å²) in [6, 6.07) is 7.40. The molecule has 0 spiro atoms. The number of nitrogens with zero attached hydrogens (tertiary/aromatic N) is 1. The normalized spacial score (nSPS) is 24.0. The average molecular weight is 314 g/mol. The molecular weight excluding hydrogens is 288 g/mol. The molecule has 1 saturated carbocycles. The SMILES string of the molecule is Cc1ccc(C(=O)NCC(=O)N2CC[C@H]3CCCC[C@H]3C2)cc1. The first kappa shape index (κ1) is 16.0. The summed E-state index contributed by atoms with van der Waals surface area (Å²) >= 11 is 0. The summed E-state index contributed by atoms with van der Waals surface area (Å²) in [5, 5.41) is 2.76. The van der Waals surface area contributed by atoms with Gasteiger partial charge in [0.2, 0.25) is 5.91 Å². The standard InChI is InChI=1S/C19H26N2O2/c1-14-6-8-16(9-7-14)19(23)20-12-18(22)21-11-10-15-4-2-3-5-17(15)13-21/h6-9,15,17H,2-5,10-13H2,1H3,(H,20,23)/t15-,17+/m1/s1. The topological polar surface area (TPSA) is 49.4 Å². The van der Waals surface area contributed by atoms with Gasteiger partial charge in [-0.3, -0.25) is 9.59 Å². The zero-order valence-corrected chi connectivity index (χ0v) is 13.9. The van der Waals surface area contributed by atoms with Gasteiger partial charge < -0.3 is 10.2 Å². The zero-order valence-electron chi connectivity index (χ0n) is 13.9. The summed E-state index contributed by atoms with van der Waals surface area (Å²) in [6.45, 7) is 3.81. The summed E-state index contributed by atoms with van der Waals surface area (Å²) in [5.74, 6) is 1.37. The number of carbonyl (C=O) groups is 2. The number of aryl methyl sites for hydroxylation is 1. The van der Waals surface area contributed by atoms with Gasteiger partial charge in [0, 0.05) is 18.7 Å². The van der Waals surface area contributed by atoms with Crippen molar-refractivity contribution >= 4 is 11.8 Å². The van der Waals surface area contributed by atoms with E-state index in [4.69, 9.17) is 0 Å². The first-order valence-electron chi connectivity index (χ1n) is 8.76. The molecule has 2 atom stereocenters. The van der Waals surface area contributed by atoms with Crippen molar-refractivity contribution in [3.63, 3.8) is 0 Å². The molecule has 4 nitrogen and oxygen atoms in total. The minimum absolute atomic E-state index is 0.0504. The quantitative estimate of drug-likeness (QED) is 0.932. The van der Waals surface area contributed by atoms with Crippen molar-refractivity contribution in [1.82, 2.24) is 10.2 Å². The molecule has 2 aliphatic rings. The molecule has 23 heavy (non-hydrogen) atoms. The second-order valence-corrected chi connectivity index (χ2v) is 6.98. The predicted molar refractivity (Wildman–Crippen MR) is 90.2 cm³/mol. The van der Waals surface area contributed by atoms with Crippen molar-refractivity contribution in [2.45, 2.75) is 39.0 Å². The summed E-state index contributed by atoms with van der Waals surface area (Å²) < 4.78 is 0. The van der Waals surface area contributed by atoms with E-state index in [9.17, 15) is 9.59 Å². The minimum Gasteiger partial charge on any atom is -0.343 e. The smallest absolute Gasteiger partial charge is 0.251 e. The van der Waals surface area contributed by atoms with E-state index in [-0.39, 0.29) is 18.4 Å². The van der Waals surface area contributed by atoms with Gasteiger partial charge in [-0.05, 0) is 43.7 Å². The molecule has 0 radical (unpaired) electrons. The lowest BCUT2D eigenvalue weighted by Crippen LogP contribution is -2.48. The third-order valence-electron chi connectivity index (χ3n) is 5.36. The fourth-order valence-corrected chi connectivity index (χ4v) is 3.90. The largest absolute Gasteiger partial charge is 0.343 e. The number of amides is 2. The molecule has 2 fully saturated rings. The van der Waals surface area contributed by atoms with E-state index < -0.39 is 0 Å². The second kappa shape index (κ2) is 7.16. The van der Waals surface area contributed by atoms with E-state index in [0.717, 1.165) is 31.0 Å². The van der Waals surface area contributed by atoms with E-state index in [1.807, 2.05) is 24.0 Å². The summed E-state index contributed by atoms with van der Waals surface area (Å²) in [5.41, 5.74) is 1.72. The third kappa shape index (κ3) is 3.92. The number of rotatable bonds is 3. The van der Waals surface area contributed by atoms with Crippen LogP contribution in [0.2, 0.25) is 0 Å².